The summed E-state index contributed by atoms with van der Waals surface area (Å²) in [6.07, 6.45) is 3.61. The summed E-state index contributed by atoms with van der Waals surface area (Å²) in [5.41, 5.74) is -0.718. The Morgan fingerprint density at radius 1 is 0.667 bits per heavy atom. The predicted octanol–water partition coefficient (Wildman–Crippen LogP) is 2.44. The van der Waals surface area contributed by atoms with Crippen LogP contribution in [0.25, 0.3) is 0 Å². The largest absolute Gasteiger partial charge is 0.500 e. The molecule has 0 aromatic carbocycles. The highest BCUT2D eigenvalue weighted by Crippen LogP contribution is 2.29. The molecule has 0 bridgehead atoms. The van der Waals surface area contributed by atoms with Gasteiger partial charge in [0.25, 0.3) is 0 Å². The van der Waals surface area contributed by atoms with Crippen LogP contribution in [0.1, 0.15) is 39.0 Å². The fourth-order valence-electron chi connectivity index (χ4n) is 2.86. The van der Waals surface area contributed by atoms with Crippen molar-refractivity contribution in [3.63, 3.8) is 0 Å². The summed E-state index contributed by atoms with van der Waals surface area (Å²) in [5.74, 6) is 0. The predicted molar refractivity (Wildman–Crippen MR) is 96.9 cm³/mol. The molecule has 0 aromatic rings. The first-order chi connectivity index (χ1) is 11.3. The summed E-state index contributed by atoms with van der Waals surface area (Å²) in [5, 5.41) is 10.8. The molecule has 0 unspecified atom stereocenters. The van der Waals surface area contributed by atoms with Crippen molar-refractivity contribution in [2.75, 3.05) is 42.7 Å². The van der Waals surface area contributed by atoms with Crippen LogP contribution in [0.3, 0.4) is 0 Å². The molecule has 0 amide bonds. The smallest absolute Gasteiger partial charge is 0.390 e. The van der Waals surface area contributed by atoms with Crippen molar-refractivity contribution >= 4 is 17.6 Å². The van der Waals surface area contributed by atoms with E-state index in [9.17, 15) is 5.11 Å². The van der Waals surface area contributed by atoms with Gasteiger partial charge in [-0.1, -0.05) is 6.92 Å². The zero-order valence-electron chi connectivity index (χ0n) is 16.3. The standard InChI is InChI=1S/C15H36O7Si2/c1-8-15(16,11-9-13-23(17-2,18-3)19-4)12-10-14-24(20-5,21-6)22-7/h16H,8-14H2,1-7H3. The van der Waals surface area contributed by atoms with Crippen LogP contribution in [0, 0.1) is 0 Å². The van der Waals surface area contributed by atoms with Crippen molar-refractivity contribution in [3.05, 3.63) is 0 Å². The van der Waals surface area contributed by atoms with Crippen LogP contribution >= 0.6 is 0 Å². The lowest BCUT2D eigenvalue weighted by Crippen LogP contribution is -2.43. The number of hydrogen-bond donors (Lipinski definition) is 1. The Bertz CT molecular complexity index is 280. The fraction of sp³-hybridized carbons (Fsp3) is 1.00. The first kappa shape index (κ1) is 24.2. The summed E-state index contributed by atoms with van der Waals surface area (Å²) in [4.78, 5) is 0. The van der Waals surface area contributed by atoms with Crippen LogP contribution in [0.4, 0.5) is 0 Å². The van der Waals surface area contributed by atoms with Gasteiger partial charge in [0.15, 0.2) is 0 Å². The zero-order valence-corrected chi connectivity index (χ0v) is 18.3. The van der Waals surface area contributed by atoms with Gasteiger partial charge in [0.1, 0.15) is 0 Å². The van der Waals surface area contributed by atoms with E-state index in [1.54, 1.807) is 42.7 Å². The van der Waals surface area contributed by atoms with Gasteiger partial charge >= 0.3 is 17.6 Å². The SMILES string of the molecule is CCC(O)(CCC[Si](OC)(OC)OC)CCC[Si](OC)(OC)OC. The maximum Gasteiger partial charge on any atom is 0.500 e. The van der Waals surface area contributed by atoms with Gasteiger partial charge in [-0.2, -0.15) is 0 Å². The molecule has 0 atom stereocenters. The molecule has 0 aliphatic carbocycles. The van der Waals surface area contributed by atoms with E-state index in [-0.39, 0.29) is 0 Å². The Morgan fingerprint density at radius 3 is 1.17 bits per heavy atom. The third kappa shape index (κ3) is 7.18. The van der Waals surface area contributed by atoms with Gasteiger partial charge in [-0.25, -0.2) is 0 Å². The minimum atomic E-state index is -2.57. The van der Waals surface area contributed by atoms with Crippen LogP contribution in [0.5, 0.6) is 0 Å². The Balaban J connectivity index is 4.49. The van der Waals surface area contributed by atoms with Crippen LogP contribution in [0.15, 0.2) is 0 Å². The first-order valence-corrected chi connectivity index (χ1v) is 12.2. The maximum atomic E-state index is 10.8. The van der Waals surface area contributed by atoms with Crippen LogP contribution in [-0.2, 0) is 26.6 Å². The number of rotatable bonds is 15. The average molecular weight is 385 g/mol. The van der Waals surface area contributed by atoms with Gasteiger partial charge in [0.05, 0.1) is 5.60 Å². The van der Waals surface area contributed by atoms with E-state index in [0.717, 1.165) is 12.8 Å². The van der Waals surface area contributed by atoms with E-state index in [4.69, 9.17) is 26.6 Å². The molecule has 0 aromatic heterocycles. The van der Waals surface area contributed by atoms with Crippen LogP contribution in [-0.4, -0.2) is 71.0 Å². The summed E-state index contributed by atoms with van der Waals surface area (Å²) >= 11 is 0. The van der Waals surface area contributed by atoms with Gasteiger partial charge in [0.2, 0.25) is 0 Å². The van der Waals surface area contributed by atoms with E-state index in [1.807, 2.05) is 6.92 Å². The third-order valence-electron chi connectivity index (χ3n) is 4.77. The van der Waals surface area contributed by atoms with Crippen molar-refractivity contribution in [3.8, 4) is 0 Å². The Labute approximate surface area is 149 Å². The second-order valence-electron chi connectivity index (χ2n) is 5.88. The lowest BCUT2D eigenvalue weighted by molar-refractivity contribution is 0.0145. The highest BCUT2D eigenvalue weighted by Gasteiger charge is 2.40. The van der Waals surface area contributed by atoms with Gasteiger partial charge in [-0.05, 0) is 32.1 Å². The molecular formula is C15H36O7Si2. The minimum Gasteiger partial charge on any atom is -0.390 e. The highest BCUT2D eigenvalue weighted by atomic mass is 28.4. The van der Waals surface area contributed by atoms with E-state index in [1.165, 1.54) is 0 Å². The molecule has 0 saturated heterocycles. The molecule has 0 aliphatic heterocycles. The van der Waals surface area contributed by atoms with E-state index in [2.05, 4.69) is 0 Å². The average Bonchev–Trinajstić information content (AvgIpc) is 2.63. The van der Waals surface area contributed by atoms with Crippen molar-refractivity contribution in [2.45, 2.75) is 56.7 Å². The molecule has 9 heteroatoms. The minimum absolute atomic E-state index is 0.676. The normalized spacial score (nSPS) is 13.5. The Hall–Kier alpha value is 0.154. The molecular weight excluding hydrogens is 348 g/mol. The van der Waals surface area contributed by atoms with Crippen LogP contribution < -0.4 is 0 Å². The molecule has 0 saturated carbocycles. The first-order valence-electron chi connectivity index (χ1n) is 8.37. The Morgan fingerprint density at radius 2 is 0.958 bits per heavy atom. The molecule has 146 valence electrons. The number of hydrogen-bond acceptors (Lipinski definition) is 7. The van der Waals surface area contributed by atoms with Gasteiger partial charge in [0, 0.05) is 54.7 Å². The summed E-state index contributed by atoms with van der Waals surface area (Å²) in [7, 11) is 4.50. The monoisotopic (exact) mass is 384 g/mol. The third-order valence-corrected chi connectivity index (χ3v) is 10.4. The molecule has 0 rings (SSSR count). The molecule has 0 fully saturated rings. The molecule has 0 aliphatic rings. The fourth-order valence-corrected chi connectivity index (χ4v) is 6.30. The summed E-state index contributed by atoms with van der Waals surface area (Å²) in [6, 6.07) is 1.37. The lowest BCUT2D eigenvalue weighted by atomic mass is 9.90. The zero-order chi connectivity index (χ0) is 18.7. The quantitative estimate of drug-likeness (QED) is 0.435. The van der Waals surface area contributed by atoms with Crippen molar-refractivity contribution in [1.82, 2.24) is 0 Å². The van der Waals surface area contributed by atoms with Crippen molar-refractivity contribution in [2.24, 2.45) is 0 Å². The van der Waals surface area contributed by atoms with E-state index >= 15 is 0 Å². The Kier molecular flexibility index (Phi) is 11.8. The van der Waals surface area contributed by atoms with Gasteiger partial charge in [-0.3, -0.25) is 0 Å². The highest BCUT2D eigenvalue weighted by molar-refractivity contribution is 6.60. The second-order valence-corrected chi connectivity index (χ2v) is 12.1. The second kappa shape index (κ2) is 11.7. The molecule has 0 heterocycles. The number of aliphatic hydroxyl groups is 1. The summed E-state index contributed by atoms with van der Waals surface area (Å²) in [6.45, 7) is 2.00. The lowest BCUT2D eigenvalue weighted by Gasteiger charge is -2.30. The molecule has 0 radical (unpaired) electrons. The van der Waals surface area contributed by atoms with Crippen molar-refractivity contribution in [1.29, 1.82) is 0 Å². The van der Waals surface area contributed by atoms with Gasteiger partial charge < -0.3 is 31.7 Å². The van der Waals surface area contributed by atoms with Crippen molar-refractivity contribution < 1.29 is 31.7 Å². The topological polar surface area (TPSA) is 75.6 Å². The molecule has 24 heavy (non-hydrogen) atoms. The molecule has 0 spiro atoms. The van der Waals surface area contributed by atoms with Gasteiger partial charge in [-0.15, -0.1) is 0 Å². The van der Waals surface area contributed by atoms with Crippen LogP contribution in [0.2, 0.25) is 12.1 Å². The maximum absolute atomic E-state index is 10.8. The molecule has 1 N–H and O–H groups in total. The molecule has 7 nitrogen and oxygen atoms in total. The van der Waals surface area contributed by atoms with E-state index in [0.29, 0.717) is 31.4 Å². The van der Waals surface area contributed by atoms with E-state index < -0.39 is 23.2 Å². The summed E-state index contributed by atoms with van der Waals surface area (Å²) < 4.78 is 32.5.